The molecule has 2 rings (SSSR count). The summed E-state index contributed by atoms with van der Waals surface area (Å²) in [6.07, 6.45) is 3.25. The fraction of sp³-hybridized carbons (Fsp3) is 0.333. The van der Waals surface area contributed by atoms with Crippen LogP contribution in [0.4, 0.5) is 5.69 Å². The molecule has 0 unspecified atom stereocenters. The Bertz CT molecular complexity index is 549. The molecule has 0 spiro atoms. The Morgan fingerprint density at radius 3 is 2.00 bits per heavy atom. The second-order valence-electron chi connectivity index (χ2n) is 4.97. The average Bonchev–Trinajstić information content (AvgIpc) is 2.52. The molecule has 0 aliphatic rings. The van der Waals surface area contributed by atoms with Crippen LogP contribution < -0.4 is 5.32 Å². The van der Waals surface area contributed by atoms with Gasteiger partial charge < -0.3 is 20.6 Å². The van der Waals surface area contributed by atoms with Gasteiger partial charge in [-0.2, -0.15) is 0 Å². The molecular formula is C18H25NO3. The Labute approximate surface area is 132 Å². The quantitative estimate of drug-likeness (QED) is 0.492. The monoisotopic (exact) mass is 303 g/mol. The van der Waals surface area contributed by atoms with Gasteiger partial charge in [0.15, 0.2) is 11.5 Å². The maximum Gasteiger partial charge on any atom is 0.157 e. The van der Waals surface area contributed by atoms with Gasteiger partial charge in [-0.05, 0) is 55.7 Å². The normalized spacial score (nSPS) is 9.73. The van der Waals surface area contributed by atoms with E-state index in [0.29, 0.717) is 5.75 Å². The van der Waals surface area contributed by atoms with Crippen LogP contribution in [0, 0.1) is 0 Å². The molecule has 0 amide bonds. The second kappa shape index (κ2) is 9.55. The summed E-state index contributed by atoms with van der Waals surface area (Å²) in [5.41, 5.74) is 2.14. The molecule has 0 aliphatic carbocycles. The van der Waals surface area contributed by atoms with Gasteiger partial charge in [-0.25, -0.2) is 0 Å². The number of phenolic OH excluding ortho intramolecular Hbond substituents is 3. The summed E-state index contributed by atoms with van der Waals surface area (Å²) in [5, 5.41) is 30.2. The summed E-state index contributed by atoms with van der Waals surface area (Å²) in [6.45, 7) is 5.14. The van der Waals surface area contributed by atoms with Gasteiger partial charge in [-0.3, -0.25) is 0 Å². The van der Waals surface area contributed by atoms with Crippen molar-refractivity contribution in [1.82, 2.24) is 0 Å². The van der Waals surface area contributed by atoms with Gasteiger partial charge in [0.25, 0.3) is 0 Å². The Morgan fingerprint density at radius 1 is 0.864 bits per heavy atom. The van der Waals surface area contributed by atoms with E-state index in [-0.39, 0.29) is 11.5 Å². The van der Waals surface area contributed by atoms with Crippen LogP contribution >= 0.6 is 0 Å². The Morgan fingerprint density at radius 2 is 1.50 bits per heavy atom. The van der Waals surface area contributed by atoms with Gasteiger partial charge in [-0.15, -0.1) is 0 Å². The van der Waals surface area contributed by atoms with Gasteiger partial charge in [0.2, 0.25) is 0 Å². The van der Waals surface area contributed by atoms with Crippen LogP contribution in [0.5, 0.6) is 17.2 Å². The van der Waals surface area contributed by atoms with E-state index in [2.05, 4.69) is 19.2 Å². The lowest BCUT2D eigenvalue weighted by atomic mass is 10.1. The lowest BCUT2D eigenvalue weighted by molar-refractivity contribution is 0.404. The fourth-order valence-corrected chi connectivity index (χ4v) is 1.93. The summed E-state index contributed by atoms with van der Waals surface area (Å²) < 4.78 is 0. The van der Waals surface area contributed by atoms with Gasteiger partial charge in [-0.1, -0.05) is 25.5 Å². The first-order valence-electron chi connectivity index (χ1n) is 7.61. The van der Waals surface area contributed by atoms with Crippen LogP contribution in [0.15, 0.2) is 42.5 Å². The Balaban J connectivity index is 0.000000255. The minimum Gasteiger partial charge on any atom is -0.508 e. The number of rotatable bonds is 5. The molecule has 2 aromatic carbocycles. The molecule has 4 heteroatoms. The number of phenols is 3. The topological polar surface area (TPSA) is 72.7 Å². The third-order valence-electron chi connectivity index (χ3n) is 3.14. The lowest BCUT2D eigenvalue weighted by Crippen LogP contribution is -1.97. The van der Waals surface area contributed by atoms with Crippen molar-refractivity contribution in [3.8, 4) is 17.2 Å². The van der Waals surface area contributed by atoms with Crippen molar-refractivity contribution in [1.29, 1.82) is 0 Å². The highest BCUT2D eigenvalue weighted by atomic mass is 16.3. The highest BCUT2D eigenvalue weighted by Crippen LogP contribution is 2.23. The van der Waals surface area contributed by atoms with E-state index in [1.165, 1.54) is 12.1 Å². The molecule has 22 heavy (non-hydrogen) atoms. The van der Waals surface area contributed by atoms with Crippen molar-refractivity contribution in [2.75, 3.05) is 11.9 Å². The molecule has 0 radical (unpaired) electrons. The number of unbranched alkanes of at least 4 members (excludes halogenated alkanes) is 1. The number of hydrogen-bond acceptors (Lipinski definition) is 4. The maximum atomic E-state index is 9.60. The van der Waals surface area contributed by atoms with Gasteiger partial charge in [0, 0.05) is 12.2 Å². The lowest BCUT2D eigenvalue weighted by Gasteiger charge is -2.08. The number of nitrogens with one attached hydrogen (secondary N) is 1. The second-order valence-corrected chi connectivity index (χ2v) is 4.97. The van der Waals surface area contributed by atoms with Crippen molar-refractivity contribution in [3.63, 3.8) is 0 Å². The molecule has 0 aliphatic heterocycles. The predicted molar refractivity (Wildman–Crippen MR) is 90.7 cm³/mol. The van der Waals surface area contributed by atoms with Gasteiger partial charge in [0.1, 0.15) is 5.75 Å². The standard InChI is InChI=1S/C12H19NO.C6H6O2/c1-3-5-6-10-9-11(13-4-2)7-8-12(10)14;7-5-3-1-2-4-6(5)8/h7-9,13-14H,3-6H2,1-2H3;1-4,7-8H. The molecule has 0 heterocycles. The number of anilines is 1. The van der Waals surface area contributed by atoms with Crippen molar-refractivity contribution in [3.05, 3.63) is 48.0 Å². The van der Waals surface area contributed by atoms with E-state index in [1.54, 1.807) is 18.2 Å². The van der Waals surface area contributed by atoms with Crippen LogP contribution in [0.3, 0.4) is 0 Å². The highest BCUT2D eigenvalue weighted by Gasteiger charge is 2.01. The minimum absolute atomic E-state index is 0.0764. The summed E-state index contributed by atoms with van der Waals surface area (Å²) in [5.74, 6) is 0.264. The maximum absolute atomic E-state index is 9.60. The van der Waals surface area contributed by atoms with Gasteiger partial charge >= 0.3 is 0 Å². The first-order valence-corrected chi connectivity index (χ1v) is 7.61. The molecule has 0 atom stereocenters. The molecule has 120 valence electrons. The molecule has 0 bridgehead atoms. The van der Waals surface area contributed by atoms with Crippen LogP contribution in [0.25, 0.3) is 0 Å². The van der Waals surface area contributed by atoms with E-state index >= 15 is 0 Å². The smallest absolute Gasteiger partial charge is 0.157 e. The van der Waals surface area contributed by atoms with Crippen LogP contribution in [-0.2, 0) is 6.42 Å². The van der Waals surface area contributed by atoms with Crippen molar-refractivity contribution in [2.24, 2.45) is 0 Å². The van der Waals surface area contributed by atoms with E-state index < -0.39 is 0 Å². The zero-order valence-electron chi connectivity index (χ0n) is 13.2. The van der Waals surface area contributed by atoms with Crippen LogP contribution in [-0.4, -0.2) is 21.9 Å². The van der Waals surface area contributed by atoms with Crippen LogP contribution in [0.1, 0.15) is 32.3 Å². The molecule has 0 aromatic heterocycles. The fourth-order valence-electron chi connectivity index (χ4n) is 1.93. The SMILES string of the molecule is CCCCc1cc(NCC)ccc1O.Oc1ccccc1O. The summed E-state index contributed by atoms with van der Waals surface area (Å²) in [7, 11) is 0. The zero-order chi connectivity index (χ0) is 16.4. The van der Waals surface area contributed by atoms with Gasteiger partial charge in [0.05, 0.1) is 0 Å². The molecular weight excluding hydrogens is 278 g/mol. The Kier molecular flexibility index (Phi) is 7.68. The molecule has 2 aromatic rings. The van der Waals surface area contributed by atoms with E-state index in [4.69, 9.17) is 10.2 Å². The number of aromatic hydroxyl groups is 3. The average molecular weight is 303 g/mol. The van der Waals surface area contributed by atoms with Crippen molar-refractivity contribution >= 4 is 5.69 Å². The third kappa shape index (κ3) is 5.95. The van der Waals surface area contributed by atoms with E-state index in [9.17, 15) is 5.11 Å². The minimum atomic E-state index is -0.0764. The molecule has 0 fully saturated rings. The predicted octanol–water partition coefficient (Wildman–Crippen LogP) is 4.26. The molecule has 4 N–H and O–H groups in total. The summed E-state index contributed by atoms with van der Waals surface area (Å²) in [6, 6.07) is 11.9. The molecule has 4 nitrogen and oxygen atoms in total. The number of aryl methyl sites for hydroxylation is 1. The van der Waals surface area contributed by atoms with E-state index in [1.807, 2.05) is 12.1 Å². The largest absolute Gasteiger partial charge is 0.508 e. The zero-order valence-corrected chi connectivity index (χ0v) is 13.2. The van der Waals surface area contributed by atoms with Crippen molar-refractivity contribution in [2.45, 2.75) is 33.1 Å². The molecule has 0 saturated heterocycles. The van der Waals surface area contributed by atoms with Crippen molar-refractivity contribution < 1.29 is 15.3 Å². The Hall–Kier alpha value is -2.36. The number of para-hydroxylation sites is 2. The summed E-state index contributed by atoms with van der Waals surface area (Å²) in [4.78, 5) is 0. The number of hydrogen-bond donors (Lipinski definition) is 4. The van der Waals surface area contributed by atoms with Crippen LogP contribution in [0.2, 0.25) is 0 Å². The molecule has 0 saturated carbocycles. The van der Waals surface area contributed by atoms with E-state index in [0.717, 1.165) is 37.1 Å². The highest BCUT2D eigenvalue weighted by molar-refractivity contribution is 5.50. The third-order valence-corrected chi connectivity index (χ3v) is 3.14. The summed E-state index contributed by atoms with van der Waals surface area (Å²) >= 11 is 0. The first kappa shape index (κ1) is 17.7. The number of benzene rings is 2. The first-order chi connectivity index (χ1) is 10.6.